The molecule has 1 N–H and O–H groups in total. The van der Waals surface area contributed by atoms with Gasteiger partial charge in [0.25, 0.3) is 11.7 Å². The van der Waals surface area contributed by atoms with Gasteiger partial charge in [0.05, 0.1) is 10.7 Å². The van der Waals surface area contributed by atoms with E-state index in [-0.39, 0.29) is 58.1 Å². The first-order valence-electron chi connectivity index (χ1n) is 13.5. The van der Waals surface area contributed by atoms with E-state index >= 15 is 0 Å². The van der Waals surface area contributed by atoms with Crippen LogP contribution in [0.5, 0.6) is 5.75 Å². The van der Waals surface area contributed by atoms with Gasteiger partial charge in [0.1, 0.15) is 18.0 Å². The third-order valence-electron chi connectivity index (χ3n) is 6.59. The molecule has 0 spiro atoms. The fourth-order valence-electron chi connectivity index (χ4n) is 4.54. The molecule has 0 saturated heterocycles. The minimum atomic E-state index is -4.81. The number of halogens is 7. The molecular weight excluding hydrogens is 674 g/mol. The number of pyridine rings is 1. The van der Waals surface area contributed by atoms with Gasteiger partial charge in [-0.2, -0.15) is 31.8 Å². The number of ketones is 1. The molecular formula is C29H21Cl2F5N8O3. The number of hydrogen-bond donors (Lipinski definition) is 1. The number of alkyl halides is 5. The number of carbonyl (C=O) groups is 2. The quantitative estimate of drug-likeness (QED) is 0.134. The smallest absolute Gasteiger partial charge is 0.435 e. The molecule has 0 radical (unpaired) electrons. The number of rotatable bonds is 11. The van der Waals surface area contributed by atoms with Gasteiger partial charge in [0.15, 0.2) is 11.6 Å². The lowest BCUT2D eigenvalue weighted by atomic mass is 9.95. The molecule has 0 aliphatic carbocycles. The number of benzene rings is 2. The molecule has 0 atom stereocenters. The topological polar surface area (TPSA) is 130 Å². The Balaban J connectivity index is 1.44. The van der Waals surface area contributed by atoms with Gasteiger partial charge in [-0.05, 0) is 71.3 Å². The van der Waals surface area contributed by atoms with Crippen molar-refractivity contribution in [3.05, 3.63) is 110 Å². The van der Waals surface area contributed by atoms with E-state index in [1.54, 1.807) is 25.1 Å². The summed E-state index contributed by atoms with van der Waals surface area (Å²) in [5, 5.41) is 17.1. The highest BCUT2D eigenvalue weighted by molar-refractivity contribution is 6.32. The molecule has 5 rings (SSSR count). The zero-order valence-corrected chi connectivity index (χ0v) is 25.5. The molecule has 2 aromatic carbocycles. The number of ether oxygens (including phenoxy) is 1. The molecule has 0 bridgehead atoms. The van der Waals surface area contributed by atoms with Crippen LogP contribution in [-0.4, -0.2) is 53.3 Å². The lowest BCUT2D eigenvalue weighted by molar-refractivity contribution is -0.145. The molecule has 0 aliphatic rings. The van der Waals surface area contributed by atoms with E-state index in [1.807, 2.05) is 0 Å². The highest BCUT2D eigenvalue weighted by Gasteiger charge is 2.37. The van der Waals surface area contributed by atoms with Crippen LogP contribution >= 0.6 is 23.2 Å². The lowest BCUT2D eigenvalue weighted by Gasteiger charge is -2.14. The number of hydrogen-bond acceptors (Lipinski definition) is 8. The second kappa shape index (κ2) is 13.8. The molecule has 47 heavy (non-hydrogen) atoms. The Morgan fingerprint density at radius 1 is 1.04 bits per heavy atom. The number of aryl methyl sites for hydroxylation is 1. The summed E-state index contributed by atoms with van der Waals surface area (Å²) >= 11 is 12.6. The molecule has 0 aliphatic heterocycles. The average molecular weight is 695 g/mol. The molecule has 3 aromatic heterocycles. The van der Waals surface area contributed by atoms with E-state index in [0.717, 1.165) is 4.68 Å². The maximum atomic E-state index is 13.9. The summed E-state index contributed by atoms with van der Waals surface area (Å²) in [7, 11) is 0. The highest BCUT2D eigenvalue weighted by Crippen LogP contribution is 2.27. The zero-order valence-electron chi connectivity index (χ0n) is 24.0. The van der Waals surface area contributed by atoms with Gasteiger partial charge in [-0.1, -0.05) is 35.3 Å². The third-order valence-corrected chi connectivity index (χ3v) is 7.10. The number of amides is 1. The maximum Gasteiger partial charge on any atom is 0.455 e. The van der Waals surface area contributed by atoms with Gasteiger partial charge in [0.2, 0.25) is 0 Å². The number of aromatic nitrogens is 7. The van der Waals surface area contributed by atoms with Crippen LogP contribution in [0.25, 0.3) is 5.82 Å². The molecule has 0 unspecified atom stereocenters. The molecule has 0 fully saturated rings. The Kier molecular flexibility index (Phi) is 9.81. The van der Waals surface area contributed by atoms with Crippen molar-refractivity contribution in [2.45, 2.75) is 39.2 Å². The van der Waals surface area contributed by atoms with Gasteiger partial charge in [0, 0.05) is 29.7 Å². The Morgan fingerprint density at radius 2 is 1.83 bits per heavy atom. The van der Waals surface area contributed by atoms with E-state index in [0.29, 0.717) is 21.5 Å². The van der Waals surface area contributed by atoms with Crippen molar-refractivity contribution >= 4 is 34.9 Å². The zero-order chi connectivity index (χ0) is 33.9. The Hall–Kier alpha value is -4.96. The predicted octanol–water partition coefficient (Wildman–Crippen LogP) is 5.89. The summed E-state index contributed by atoms with van der Waals surface area (Å²) in [5.41, 5.74) is 1.42. The summed E-state index contributed by atoms with van der Waals surface area (Å²) in [6.45, 7) is -1.79. The van der Waals surface area contributed by atoms with E-state index < -0.39 is 30.3 Å². The van der Waals surface area contributed by atoms with Crippen LogP contribution in [0.15, 0.2) is 60.8 Å². The van der Waals surface area contributed by atoms with Crippen LogP contribution in [0.3, 0.4) is 0 Å². The van der Waals surface area contributed by atoms with Crippen LogP contribution in [0.2, 0.25) is 10.0 Å². The van der Waals surface area contributed by atoms with Gasteiger partial charge in [-0.15, -0.1) is 10.2 Å². The van der Waals surface area contributed by atoms with Crippen molar-refractivity contribution in [2.24, 2.45) is 0 Å². The van der Waals surface area contributed by atoms with Crippen molar-refractivity contribution in [1.29, 1.82) is 0 Å². The van der Waals surface area contributed by atoms with E-state index in [2.05, 4.69) is 35.5 Å². The number of nitrogens with zero attached hydrogens (tertiary/aromatic N) is 7. The summed E-state index contributed by atoms with van der Waals surface area (Å²) < 4.78 is 69.8. The fourth-order valence-corrected chi connectivity index (χ4v) is 5.01. The molecule has 244 valence electrons. The van der Waals surface area contributed by atoms with Crippen LogP contribution in [0.1, 0.15) is 49.1 Å². The average Bonchev–Trinajstić information content (AvgIpc) is 3.65. The van der Waals surface area contributed by atoms with E-state index in [4.69, 9.17) is 23.2 Å². The summed E-state index contributed by atoms with van der Waals surface area (Å²) in [4.78, 5) is 32.1. The van der Waals surface area contributed by atoms with Crippen LogP contribution in [-0.2, 0) is 25.7 Å². The van der Waals surface area contributed by atoms with Crippen molar-refractivity contribution in [3.8, 4) is 11.6 Å². The first-order chi connectivity index (χ1) is 22.3. The highest BCUT2D eigenvalue weighted by atomic mass is 35.5. The first kappa shape index (κ1) is 33.4. The van der Waals surface area contributed by atoms with Crippen molar-refractivity contribution < 1.29 is 36.3 Å². The fraction of sp³-hybridized carbons (Fsp3) is 0.207. The summed E-state index contributed by atoms with van der Waals surface area (Å²) in [6, 6.07) is 13.1. The maximum absolute atomic E-state index is 13.9. The molecule has 5 aromatic rings. The second-order valence-electron chi connectivity index (χ2n) is 9.94. The number of tetrazole rings is 1. The molecule has 0 saturated carbocycles. The molecule has 18 heteroatoms. The third kappa shape index (κ3) is 8.07. The summed E-state index contributed by atoms with van der Waals surface area (Å²) in [5.74, 6) is -2.61. The van der Waals surface area contributed by atoms with E-state index in [9.17, 15) is 31.5 Å². The normalized spacial score (nSPS) is 11.6. The SMILES string of the molecule is Cc1cc(Cl)cc(C(=O)NCc2cccc(OC(F)F)c2)c1CC(=O)c1cc(Cn2nnc(C(F)(F)F)n2)nn1-c1ncccc1Cl. The van der Waals surface area contributed by atoms with Crippen molar-refractivity contribution in [1.82, 2.24) is 40.3 Å². The van der Waals surface area contributed by atoms with Crippen molar-refractivity contribution in [3.63, 3.8) is 0 Å². The standard InChI is InChI=1S/C29H21Cl2F5N8O3/c1-15-8-17(30)10-21(26(46)38-13-16-4-2-5-19(9-16)47-28(32)33)20(15)12-24(45)23-11-18(14-43-41-27(39-42-43)29(34,35)36)40-44(23)25-22(31)6-3-7-37-25/h2-11,28H,12-14H2,1H3,(H,38,46). The minimum Gasteiger partial charge on any atom is -0.435 e. The second-order valence-corrected chi connectivity index (χ2v) is 10.8. The van der Waals surface area contributed by atoms with Gasteiger partial charge >= 0.3 is 12.8 Å². The monoisotopic (exact) mass is 694 g/mol. The molecule has 11 nitrogen and oxygen atoms in total. The first-order valence-corrected chi connectivity index (χ1v) is 14.2. The van der Waals surface area contributed by atoms with Gasteiger partial charge in [-0.25, -0.2) is 9.67 Å². The van der Waals surface area contributed by atoms with E-state index in [1.165, 1.54) is 42.6 Å². The lowest BCUT2D eigenvalue weighted by Crippen LogP contribution is -2.25. The van der Waals surface area contributed by atoms with Crippen molar-refractivity contribution in [2.75, 3.05) is 0 Å². The minimum absolute atomic E-state index is 0.0479. The number of nitrogens with one attached hydrogen (secondary N) is 1. The summed E-state index contributed by atoms with van der Waals surface area (Å²) in [6.07, 6.45) is -3.74. The molecule has 1 amide bonds. The molecule has 3 heterocycles. The Morgan fingerprint density at radius 3 is 2.53 bits per heavy atom. The van der Waals surface area contributed by atoms with Crippen LogP contribution in [0, 0.1) is 6.92 Å². The number of Topliss-reactive ketones (excluding diaryl/α,β-unsaturated/α-hetero) is 1. The number of carbonyl (C=O) groups excluding carboxylic acids is 2. The van der Waals surface area contributed by atoms with Gasteiger partial charge < -0.3 is 10.1 Å². The van der Waals surface area contributed by atoms with Gasteiger partial charge in [-0.3, -0.25) is 9.59 Å². The largest absolute Gasteiger partial charge is 0.455 e. The predicted molar refractivity (Wildman–Crippen MR) is 157 cm³/mol. The van der Waals surface area contributed by atoms with Crippen LogP contribution < -0.4 is 10.1 Å². The van der Waals surface area contributed by atoms with Crippen LogP contribution in [0.4, 0.5) is 22.0 Å². The Labute approximate surface area is 272 Å². The Bertz CT molecular complexity index is 1950.